The maximum atomic E-state index is 6.29. The second-order valence-corrected chi connectivity index (χ2v) is 9.21. The largest absolute Gasteiger partial charge is 0.495 e. The molecule has 5 heterocycles. The van der Waals surface area contributed by atoms with Gasteiger partial charge in [0.05, 0.1) is 26.1 Å². The SMILES string of the molecule is COc1cnc2c(Nc3ccc4c(c3)[C@@]3(CCOC(N)=N3)c3cc(C(C)C)ncc3O4)nccc2c1. The highest BCUT2D eigenvalue weighted by atomic mass is 16.5. The van der Waals surface area contributed by atoms with Crippen molar-refractivity contribution in [1.82, 2.24) is 15.0 Å². The molecule has 0 bridgehead atoms. The number of nitrogens with zero attached hydrogens (tertiary/aromatic N) is 4. The zero-order valence-corrected chi connectivity index (χ0v) is 20.3. The van der Waals surface area contributed by atoms with Crippen LogP contribution in [-0.2, 0) is 10.3 Å². The minimum Gasteiger partial charge on any atom is -0.495 e. The van der Waals surface area contributed by atoms with Gasteiger partial charge in [-0.05, 0) is 42.3 Å². The lowest BCUT2D eigenvalue weighted by molar-refractivity contribution is 0.219. The van der Waals surface area contributed by atoms with Gasteiger partial charge in [0.2, 0.25) is 0 Å². The van der Waals surface area contributed by atoms with Crippen LogP contribution in [0.3, 0.4) is 0 Å². The number of aromatic nitrogens is 3. The molecule has 9 nitrogen and oxygen atoms in total. The summed E-state index contributed by atoms with van der Waals surface area (Å²) in [6.07, 6.45) is 5.83. The predicted molar refractivity (Wildman–Crippen MR) is 137 cm³/mol. The molecular formula is C27H26N6O3. The Kier molecular flexibility index (Phi) is 5.13. The van der Waals surface area contributed by atoms with Gasteiger partial charge in [0.1, 0.15) is 22.6 Å². The number of hydrogen-bond donors (Lipinski definition) is 2. The second-order valence-electron chi connectivity index (χ2n) is 9.21. The lowest BCUT2D eigenvalue weighted by Gasteiger charge is -2.39. The Morgan fingerprint density at radius 2 is 1.89 bits per heavy atom. The van der Waals surface area contributed by atoms with Crippen LogP contribution >= 0.6 is 0 Å². The number of anilines is 2. The number of ether oxygens (including phenoxy) is 3. The standard InChI is InChI=1S/C27H26N6O3/c1-15(2)21-12-20-23(14-30-21)36-22-5-4-17(11-19(22)27(20)7-9-35-26(28)33-27)32-25-24-16(6-8-29-25)10-18(34-3)13-31-24/h4-6,8,10-15H,7,9H2,1-3H3,(H2,28,33)(H,29,32)/t27-/m0/s1. The van der Waals surface area contributed by atoms with Crippen molar-refractivity contribution in [1.29, 1.82) is 0 Å². The monoisotopic (exact) mass is 482 g/mol. The van der Waals surface area contributed by atoms with Crippen LogP contribution in [0.4, 0.5) is 11.5 Å². The van der Waals surface area contributed by atoms with E-state index in [2.05, 4.69) is 40.2 Å². The molecule has 0 saturated heterocycles. The number of rotatable bonds is 4. The highest BCUT2D eigenvalue weighted by Crippen LogP contribution is 2.52. The number of benzene rings is 1. The summed E-state index contributed by atoms with van der Waals surface area (Å²) in [5, 5.41) is 4.35. The fraction of sp³-hybridized carbons (Fsp3) is 0.259. The van der Waals surface area contributed by atoms with E-state index in [9.17, 15) is 0 Å². The molecule has 9 heteroatoms. The van der Waals surface area contributed by atoms with Gasteiger partial charge in [-0.2, -0.15) is 0 Å². The van der Waals surface area contributed by atoms with Crippen molar-refractivity contribution >= 4 is 28.4 Å². The molecule has 0 saturated carbocycles. The Hall–Kier alpha value is -4.40. The molecule has 3 aromatic heterocycles. The molecular weight excluding hydrogens is 456 g/mol. The van der Waals surface area contributed by atoms with Crippen molar-refractivity contribution in [2.24, 2.45) is 10.7 Å². The molecule has 36 heavy (non-hydrogen) atoms. The Bertz CT molecular complexity index is 1520. The van der Waals surface area contributed by atoms with E-state index in [0.717, 1.165) is 33.4 Å². The fourth-order valence-electron chi connectivity index (χ4n) is 4.81. The van der Waals surface area contributed by atoms with Gasteiger partial charge in [0.15, 0.2) is 11.6 Å². The average molecular weight is 483 g/mol. The van der Waals surface area contributed by atoms with E-state index in [1.807, 2.05) is 30.3 Å². The number of fused-ring (bicyclic) bond motifs is 5. The quantitative estimate of drug-likeness (QED) is 0.418. The zero-order chi connectivity index (χ0) is 24.9. The van der Waals surface area contributed by atoms with Gasteiger partial charge in [-0.3, -0.25) is 4.98 Å². The summed E-state index contributed by atoms with van der Waals surface area (Å²) in [6.45, 7) is 4.68. The van der Waals surface area contributed by atoms with Gasteiger partial charge in [-0.25, -0.2) is 15.0 Å². The van der Waals surface area contributed by atoms with Crippen LogP contribution in [0.1, 0.15) is 43.0 Å². The molecule has 0 fully saturated rings. The third-order valence-electron chi connectivity index (χ3n) is 6.66. The molecule has 182 valence electrons. The Labute approximate surface area is 208 Å². The Morgan fingerprint density at radius 3 is 2.69 bits per heavy atom. The lowest BCUT2D eigenvalue weighted by atomic mass is 9.77. The molecule has 1 aromatic carbocycles. The van der Waals surface area contributed by atoms with Crippen molar-refractivity contribution in [2.75, 3.05) is 19.0 Å². The van der Waals surface area contributed by atoms with Gasteiger partial charge < -0.3 is 25.3 Å². The second kappa shape index (κ2) is 8.37. The smallest absolute Gasteiger partial charge is 0.283 e. The number of pyridine rings is 3. The van der Waals surface area contributed by atoms with E-state index in [0.29, 0.717) is 36.1 Å². The molecule has 0 amide bonds. The van der Waals surface area contributed by atoms with E-state index in [-0.39, 0.29) is 11.9 Å². The van der Waals surface area contributed by atoms with Crippen molar-refractivity contribution in [2.45, 2.75) is 31.7 Å². The summed E-state index contributed by atoms with van der Waals surface area (Å²) in [5.74, 6) is 2.98. The Balaban J connectivity index is 1.47. The molecule has 1 spiro atoms. The summed E-state index contributed by atoms with van der Waals surface area (Å²) in [7, 11) is 1.62. The Morgan fingerprint density at radius 1 is 1.03 bits per heavy atom. The molecule has 2 aliphatic heterocycles. The van der Waals surface area contributed by atoms with E-state index in [1.165, 1.54) is 0 Å². The van der Waals surface area contributed by atoms with Gasteiger partial charge in [0.25, 0.3) is 6.02 Å². The van der Waals surface area contributed by atoms with E-state index >= 15 is 0 Å². The molecule has 6 rings (SSSR count). The first-order valence-electron chi connectivity index (χ1n) is 11.8. The van der Waals surface area contributed by atoms with Crippen LogP contribution in [0.15, 0.2) is 60.0 Å². The minimum atomic E-state index is -0.743. The van der Waals surface area contributed by atoms with Crippen LogP contribution < -0.4 is 20.5 Å². The number of amidine groups is 1. The maximum absolute atomic E-state index is 6.29. The number of aliphatic imine (C=N–C) groups is 1. The maximum Gasteiger partial charge on any atom is 0.283 e. The van der Waals surface area contributed by atoms with Crippen molar-refractivity contribution in [3.05, 3.63) is 71.8 Å². The normalized spacial score (nSPS) is 18.2. The molecule has 4 aromatic rings. The first-order chi connectivity index (χ1) is 17.5. The summed E-state index contributed by atoms with van der Waals surface area (Å²) in [5.41, 5.74) is 9.77. The topological polar surface area (TPSA) is 117 Å². The third-order valence-corrected chi connectivity index (χ3v) is 6.66. The predicted octanol–water partition coefficient (Wildman–Crippen LogP) is 4.98. The third kappa shape index (κ3) is 3.55. The first-order valence-corrected chi connectivity index (χ1v) is 11.8. The molecule has 3 N–H and O–H groups in total. The van der Waals surface area contributed by atoms with Crippen LogP contribution in [0.2, 0.25) is 0 Å². The van der Waals surface area contributed by atoms with Gasteiger partial charge in [-0.1, -0.05) is 13.8 Å². The fourth-order valence-corrected chi connectivity index (χ4v) is 4.81. The van der Waals surface area contributed by atoms with Crippen LogP contribution in [0, 0.1) is 0 Å². The van der Waals surface area contributed by atoms with Crippen LogP contribution in [0.5, 0.6) is 17.2 Å². The molecule has 0 radical (unpaired) electrons. The molecule has 0 aliphatic carbocycles. The van der Waals surface area contributed by atoms with Crippen molar-refractivity contribution < 1.29 is 14.2 Å². The van der Waals surface area contributed by atoms with Crippen LogP contribution in [0.25, 0.3) is 10.9 Å². The van der Waals surface area contributed by atoms with Gasteiger partial charge in [-0.15, -0.1) is 0 Å². The van der Waals surface area contributed by atoms with Crippen molar-refractivity contribution in [3.8, 4) is 17.2 Å². The van der Waals surface area contributed by atoms with Gasteiger partial charge >= 0.3 is 0 Å². The number of nitrogens with one attached hydrogen (secondary N) is 1. The summed E-state index contributed by atoms with van der Waals surface area (Å²) in [4.78, 5) is 18.6. The number of hydrogen-bond acceptors (Lipinski definition) is 9. The summed E-state index contributed by atoms with van der Waals surface area (Å²) >= 11 is 0. The first kappa shape index (κ1) is 22.1. The minimum absolute atomic E-state index is 0.162. The van der Waals surface area contributed by atoms with E-state index < -0.39 is 5.54 Å². The van der Waals surface area contributed by atoms with E-state index in [1.54, 1.807) is 25.7 Å². The summed E-state index contributed by atoms with van der Waals surface area (Å²) in [6, 6.07) is 12.0. The van der Waals surface area contributed by atoms with E-state index in [4.69, 9.17) is 24.9 Å². The highest BCUT2D eigenvalue weighted by Gasteiger charge is 2.45. The van der Waals surface area contributed by atoms with Crippen LogP contribution in [-0.4, -0.2) is 34.7 Å². The van der Waals surface area contributed by atoms with Crippen molar-refractivity contribution in [3.63, 3.8) is 0 Å². The zero-order valence-electron chi connectivity index (χ0n) is 20.3. The molecule has 0 unspecified atom stereocenters. The highest BCUT2D eigenvalue weighted by molar-refractivity contribution is 5.90. The molecule has 1 atom stereocenters. The molecule has 2 aliphatic rings. The number of nitrogens with two attached hydrogens (primary N) is 1. The summed E-state index contributed by atoms with van der Waals surface area (Å²) < 4.78 is 17.1. The average Bonchev–Trinajstić information content (AvgIpc) is 2.89. The number of methoxy groups -OCH3 is 1. The lowest BCUT2D eigenvalue weighted by Crippen LogP contribution is -2.38. The van der Waals surface area contributed by atoms with Gasteiger partial charge in [0, 0.05) is 40.5 Å².